The molecular weight excluding hydrogens is 260 g/mol. The van der Waals surface area contributed by atoms with Gasteiger partial charge in [-0.3, -0.25) is 0 Å². The number of benzene rings is 2. The van der Waals surface area contributed by atoms with Crippen molar-refractivity contribution >= 4 is 0 Å². The van der Waals surface area contributed by atoms with Crippen LogP contribution < -0.4 is 4.74 Å². The molecule has 2 heteroatoms. The highest BCUT2D eigenvalue weighted by Gasteiger charge is 2.09. The van der Waals surface area contributed by atoms with Gasteiger partial charge in [0.05, 0.1) is 6.10 Å². The highest BCUT2D eigenvalue weighted by molar-refractivity contribution is 5.38. The summed E-state index contributed by atoms with van der Waals surface area (Å²) in [4.78, 5) is 0. The molecule has 0 bridgehead atoms. The van der Waals surface area contributed by atoms with Crippen molar-refractivity contribution in [3.63, 3.8) is 0 Å². The minimum Gasteiger partial charge on any atom is -0.489 e. The molecule has 2 nitrogen and oxygen atoms in total. The standard InChI is InChI=1S/C19H24O2/c1-13(2)17-8-6-16(7-9-17)12-21-19-10-5-14(3)11-18(19)15(4)20/h5-11,13,15,20H,12H2,1-4H3/t15-/m0/s1. The number of aliphatic hydroxyl groups excluding tert-OH is 1. The van der Waals surface area contributed by atoms with Crippen LogP contribution in [0.25, 0.3) is 0 Å². The van der Waals surface area contributed by atoms with Crippen molar-refractivity contribution in [2.75, 3.05) is 0 Å². The van der Waals surface area contributed by atoms with Gasteiger partial charge in [-0.25, -0.2) is 0 Å². The van der Waals surface area contributed by atoms with E-state index >= 15 is 0 Å². The number of ether oxygens (including phenoxy) is 1. The number of aryl methyl sites for hydroxylation is 1. The van der Waals surface area contributed by atoms with Crippen LogP contribution in [0.4, 0.5) is 0 Å². The Kier molecular flexibility index (Phi) is 5.03. The van der Waals surface area contributed by atoms with E-state index in [9.17, 15) is 5.11 Å². The minimum absolute atomic E-state index is 0.515. The Morgan fingerprint density at radius 2 is 1.67 bits per heavy atom. The van der Waals surface area contributed by atoms with E-state index in [1.54, 1.807) is 6.92 Å². The largest absolute Gasteiger partial charge is 0.489 e. The lowest BCUT2D eigenvalue weighted by Gasteiger charge is -2.14. The zero-order valence-electron chi connectivity index (χ0n) is 13.3. The fraction of sp³-hybridized carbons (Fsp3) is 0.368. The topological polar surface area (TPSA) is 29.5 Å². The van der Waals surface area contributed by atoms with Crippen LogP contribution in [0.2, 0.25) is 0 Å². The van der Waals surface area contributed by atoms with Crippen LogP contribution in [0.3, 0.4) is 0 Å². The average Bonchev–Trinajstić information content (AvgIpc) is 2.46. The van der Waals surface area contributed by atoms with Gasteiger partial charge in [-0.05, 0) is 43.0 Å². The van der Waals surface area contributed by atoms with Crippen LogP contribution >= 0.6 is 0 Å². The molecule has 2 aromatic carbocycles. The summed E-state index contributed by atoms with van der Waals surface area (Å²) in [5.41, 5.74) is 4.43. The quantitative estimate of drug-likeness (QED) is 0.858. The molecule has 0 radical (unpaired) electrons. The van der Waals surface area contributed by atoms with Crippen LogP contribution in [-0.2, 0) is 6.61 Å². The summed E-state index contributed by atoms with van der Waals surface area (Å²) >= 11 is 0. The van der Waals surface area contributed by atoms with Crippen molar-refractivity contribution in [1.29, 1.82) is 0 Å². The Morgan fingerprint density at radius 3 is 2.24 bits per heavy atom. The maximum absolute atomic E-state index is 9.84. The molecule has 0 saturated carbocycles. The van der Waals surface area contributed by atoms with Gasteiger partial charge in [0, 0.05) is 5.56 Å². The van der Waals surface area contributed by atoms with E-state index in [1.807, 2.05) is 25.1 Å². The fourth-order valence-corrected chi connectivity index (χ4v) is 2.29. The lowest BCUT2D eigenvalue weighted by atomic mass is 10.0. The van der Waals surface area contributed by atoms with Gasteiger partial charge in [-0.15, -0.1) is 0 Å². The highest BCUT2D eigenvalue weighted by atomic mass is 16.5. The van der Waals surface area contributed by atoms with Crippen molar-refractivity contribution in [2.24, 2.45) is 0 Å². The molecular formula is C19H24O2. The molecule has 0 amide bonds. The molecule has 1 atom stereocenters. The zero-order valence-corrected chi connectivity index (χ0v) is 13.3. The third kappa shape index (κ3) is 4.08. The van der Waals surface area contributed by atoms with Crippen LogP contribution in [0, 0.1) is 6.92 Å². The summed E-state index contributed by atoms with van der Waals surface area (Å²) in [5.74, 6) is 1.29. The van der Waals surface area contributed by atoms with E-state index in [0.717, 1.165) is 22.4 Å². The van der Waals surface area contributed by atoms with Crippen molar-refractivity contribution in [1.82, 2.24) is 0 Å². The van der Waals surface area contributed by atoms with E-state index in [1.165, 1.54) is 5.56 Å². The SMILES string of the molecule is Cc1ccc(OCc2ccc(C(C)C)cc2)c([C@H](C)O)c1. The Balaban J connectivity index is 2.09. The molecule has 0 fully saturated rings. The Morgan fingerprint density at radius 1 is 1.00 bits per heavy atom. The Bertz CT molecular complexity index is 583. The van der Waals surface area contributed by atoms with Gasteiger partial charge < -0.3 is 9.84 Å². The third-order valence-electron chi connectivity index (χ3n) is 3.66. The zero-order chi connectivity index (χ0) is 15.4. The van der Waals surface area contributed by atoms with Gasteiger partial charge >= 0.3 is 0 Å². The second-order valence-corrected chi connectivity index (χ2v) is 5.90. The minimum atomic E-state index is -0.525. The lowest BCUT2D eigenvalue weighted by molar-refractivity contribution is 0.190. The summed E-state index contributed by atoms with van der Waals surface area (Å²) in [5, 5.41) is 9.84. The van der Waals surface area contributed by atoms with Gasteiger partial charge in [0.2, 0.25) is 0 Å². The summed E-state index contributed by atoms with van der Waals surface area (Å²) in [6.45, 7) is 8.67. The molecule has 0 aromatic heterocycles. The Hall–Kier alpha value is -1.80. The maximum atomic E-state index is 9.84. The highest BCUT2D eigenvalue weighted by Crippen LogP contribution is 2.27. The number of hydrogen-bond acceptors (Lipinski definition) is 2. The van der Waals surface area contributed by atoms with E-state index in [0.29, 0.717) is 12.5 Å². The third-order valence-corrected chi connectivity index (χ3v) is 3.66. The van der Waals surface area contributed by atoms with Gasteiger partial charge in [-0.2, -0.15) is 0 Å². The van der Waals surface area contributed by atoms with E-state index in [4.69, 9.17) is 4.74 Å². The van der Waals surface area contributed by atoms with Gasteiger partial charge in [-0.1, -0.05) is 49.7 Å². The second-order valence-electron chi connectivity index (χ2n) is 5.90. The number of rotatable bonds is 5. The van der Waals surface area contributed by atoms with Crippen molar-refractivity contribution in [3.8, 4) is 5.75 Å². The molecule has 0 aliphatic carbocycles. The molecule has 0 unspecified atom stereocenters. The molecule has 0 aliphatic heterocycles. The first-order valence-electron chi connectivity index (χ1n) is 7.47. The van der Waals surface area contributed by atoms with Crippen LogP contribution in [0.1, 0.15) is 55.0 Å². The molecule has 112 valence electrons. The molecule has 21 heavy (non-hydrogen) atoms. The fourth-order valence-electron chi connectivity index (χ4n) is 2.29. The molecule has 2 aromatic rings. The summed E-state index contributed by atoms with van der Waals surface area (Å²) in [6.07, 6.45) is -0.525. The molecule has 0 spiro atoms. The first-order chi connectivity index (χ1) is 9.97. The smallest absolute Gasteiger partial charge is 0.125 e. The monoisotopic (exact) mass is 284 g/mol. The van der Waals surface area contributed by atoms with E-state index < -0.39 is 6.10 Å². The first kappa shape index (κ1) is 15.6. The van der Waals surface area contributed by atoms with Crippen molar-refractivity contribution in [3.05, 3.63) is 64.7 Å². The molecule has 1 N–H and O–H groups in total. The van der Waals surface area contributed by atoms with Gasteiger partial charge in [0.15, 0.2) is 0 Å². The van der Waals surface area contributed by atoms with Gasteiger partial charge in [0.25, 0.3) is 0 Å². The van der Waals surface area contributed by atoms with Crippen LogP contribution in [0.5, 0.6) is 5.75 Å². The Labute approximate surface area is 127 Å². The maximum Gasteiger partial charge on any atom is 0.125 e. The molecule has 0 aliphatic rings. The number of aliphatic hydroxyl groups is 1. The van der Waals surface area contributed by atoms with Crippen LogP contribution in [-0.4, -0.2) is 5.11 Å². The van der Waals surface area contributed by atoms with E-state index in [2.05, 4.69) is 38.1 Å². The van der Waals surface area contributed by atoms with Crippen molar-refractivity contribution in [2.45, 2.75) is 46.3 Å². The van der Waals surface area contributed by atoms with E-state index in [-0.39, 0.29) is 0 Å². The number of hydrogen-bond donors (Lipinski definition) is 1. The molecule has 0 saturated heterocycles. The predicted molar refractivity (Wildman–Crippen MR) is 86.7 cm³/mol. The summed E-state index contributed by atoms with van der Waals surface area (Å²) in [7, 11) is 0. The summed E-state index contributed by atoms with van der Waals surface area (Å²) in [6, 6.07) is 14.4. The average molecular weight is 284 g/mol. The first-order valence-corrected chi connectivity index (χ1v) is 7.47. The molecule has 2 rings (SSSR count). The second kappa shape index (κ2) is 6.77. The van der Waals surface area contributed by atoms with Gasteiger partial charge in [0.1, 0.15) is 12.4 Å². The lowest BCUT2D eigenvalue weighted by Crippen LogP contribution is -2.01. The molecule has 0 heterocycles. The van der Waals surface area contributed by atoms with Crippen molar-refractivity contribution < 1.29 is 9.84 Å². The summed E-state index contributed by atoms with van der Waals surface area (Å²) < 4.78 is 5.88. The predicted octanol–water partition coefficient (Wildman–Crippen LogP) is 4.75. The van der Waals surface area contributed by atoms with Crippen LogP contribution in [0.15, 0.2) is 42.5 Å². The normalized spacial score (nSPS) is 12.5.